The van der Waals surface area contributed by atoms with Crippen LogP contribution in [0.25, 0.3) is 17.0 Å². The van der Waals surface area contributed by atoms with Crippen LogP contribution in [0.1, 0.15) is 54.4 Å². The van der Waals surface area contributed by atoms with Crippen LogP contribution in [0, 0.1) is 11.6 Å². The number of fused-ring (bicyclic) bond motifs is 1. The molecule has 3 heterocycles. The van der Waals surface area contributed by atoms with Gasteiger partial charge in [-0.05, 0) is 30.4 Å². The Labute approximate surface area is 210 Å². The average molecular weight is 513 g/mol. The Hall–Kier alpha value is -3.97. The Kier molecular flexibility index (Phi) is 6.80. The number of rotatable bonds is 10. The van der Waals surface area contributed by atoms with Crippen molar-refractivity contribution in [2.45, 2.75) is 45.2 Å². The number of aliphatic hydroxyl groups is 1. The van der Waals surface area contributed by atoms with Crippen molar-refractivity contribution >= 4 is 22.9 Å². The first kappa shape index (κ1) is 24.7. The van der Waals surface area contributed by atoms with E-state index in [1.165, 1.54) is 6.33 Å². The molecule has 4 aromatic rings. The summed E-state index contributed by atoms with van der Waals surface area (Å²) in [6.45, 7) is 4.60. The van der Waals surface area contributed by atoms with Gasteiger partial charge in [-0.25, -0.2) is 18.3 Å². The first-order valence-corrected chi connectivity index (χ1v) is 11.9. The highest BCUT2D eigenvalue weighted by Crippen LogP contribution is 2.37. The Morgan fingerprint density at radius 3 is 2.78 bits per heavy atom. The number of carbonyl (C=O) groups is 1. The van der Waals surface area contributed by atoms with Crippen molar-refractivity contribution < 1.29 is 23.1 Å². The largest absolute Gasteiger partial charge is 0.419 e. The molecule has 0 atom stereocenters. The maximum Gasteiger partial charge on any atom is 0.254 e. The molecule has 1 amide bonds. The summed E-state index contributed by atoms with van der Waals surface area (Å²) in [5.74, 6) is -1.57. The fourth-order valence-electron chi connectivity index (χ4n) is 4.03. The minimum Gasteiger partial charge on any atom is -0.419 e. The van der Waals surface area contributed by atoms with Crippen molar-refractivity contribution in [3.8, 4) is 11.5 Å². The molecule has 0 bridgehead atoms. The zero-order chi connectivity index (χ0) is 26.1. The number of halogens is 2. The predicted molar refractivity (Wildman–Crippen MR) is 129 cm³/mol. The van der Waals surface area contributed by atoms with Crippen LogP contribution in [0.2, 0.25) is 0 Å². The number of carbonyl (C=O) groups excluding carboxylic acids is 1. The molecule has 1 fully saturated rings. The van der Waals surface area contributed by atoms with Crippen molar-refractivity contribution in [2.24, 2.45) is 0 Å². The number of nitrogens with one attached hydrogen (secondary N) is 3. The second-order valence-electron chi connectivity index (χ2n) is 9.10. The van der Waals surface area contributed by atoms with Gasteiger partial charge >= 0.3 is 0 Å². The fraction of sp³-hybridized carbons (Fsp3) is 0.375. The highest BCUT2D eigenvalue weighted by molar-refractivity contribution is 5.96. The smallest absolute Gasteiger partial charge is 0.254 e. The molecule has 13 heteroatoms. The van der Waals surface area contributed by atoms with Gasteiger partial charge in [0, 0.05) is 24.8 Å². The number of amides is 1. The van der Waals surface area contributed by atoms with E-state index in [0.29, 0.717) is 36.1 Å². The van der Waals surface area contributed by atoms with E-state index in [1.807, 2.05) is 13.8 Å². The summed E-state index contributed by atoms with van der Waals surface area (Å²) in [5.41, 5.74) is 1.59. The Morgan fingerprint density at radius 1 is 1.24 bits per heavy atom. The molecular formula is C24H26F2N8O3. The number of hydrogen-bond acceptors (Lipinski definition) is 9. The van der Waals surface area contributed by atoms with Crippen molar-refractivity contribution in [3.63, 3.8) is 0 Å². The van der Waals surface area contributed by atoms with Crippen LogP contribution in [0.4, 0.5) is 20.3 Å². The van der Waals surface area contributed by atoms with E-state index in [2.05, 4.69) is 36.2 Å². The molecule has 3 aromatic heterocycles. The number of aliphatic hydroxyl groups excluding tert-OH is 1. The van der Waals surface area contributed by atoms with Gasteiger partial charge in [0.2, 0.25) is 11.8 Å². The van der Waals surface area contributed by atoms with Crippen LogP contribution in [-0.4, -0.2) is 55.0 Å². The number of hydrogen-bond donors (Lipinski definition) is 4. The van der Waals surface area contributed by atoms with Gasteiger partial charge < -0.3 is 25.5 Å². The molecule has 1 aliphatic carbocycles. The van der Waals surface area contributed by atoms with Gasteiger partial charge in [-0.3, -0.25) is 4.79 Å². The molecule has 4 N–H and O–H groups in total. The summed E-state index contributed by atoms with van der Waals surface area (Å²) < 4.78 is 36.6. The van der Waals surface area contributed by atoms with Gasteiger partial charge in [-0.2, -0.15) is 5.10 Å². The standard InChI is InChI=1S/C24H26F2N8O3/c1-12(2)20-15(24-33-32-19(37-24)9-27-5-6-35)10-34-21(20)22(28-11-29-34)31-18-7-14(16(25)8-17(18)26)23(36)30-13-3-4-13/h7-8,10-13,27,35H,3-6,9H2,1-2H3,(H,30,36)(H,28,29,31). The summed E-state index contributed by atoms with van der Waals surface area (Å²) in [7, 11) is 0. The predicted octanol–water partition coefficient (Wildman–Crippen LogP) is 2.90. The maximum absolute atomic E-state index is 14.8. The lowest BCUT2D eigenvalue weighted by Crippen LogP contribution is -2.26. The zero-order valence-corrected chi connectivity index (χ0v) is 20.3. The molecule has 0 unspecified atom stereocenters. The van der Waals surface area contributed by atoms with Gasteiger partial charge in [-0.1, -0.05) is 13.8 Å². The van der Waals surface area contributed by atoms with Crippen LogP contribution < -0.4 is 16.0 Å². The number of nitrogens with zero attached hydrogens (tertiary/aromatic N) is 5. The van der Waals surface area contributed by atoms with E-state index in [4.69, 9.17) is 9.52 Å². The second-order valence-corrected chi connectivity index (χ2v) is 9.10. The monoisotopic (exact) mass is 512 g/mol. The van der Waals surface area contributed by atoms with Crippen molar-refractivity contribution in [1.29, 1.82) is 0 Å². The average Bonchev–Trinajstić information content (AvgIpc) is 3.39. The molecule has 37 heavy (non-hydrogen) atoms. The third-order valence-electron chi connectivity index (χ3n) is 5.92. The summed E-state index contributed by atoms with van der Waals surface area (Å²) in [4.78, 5) is 16.8. The number of anilines is 2. The van der Waals surface area contributed by atoms with Gasteiger partial charge in [-0.15, -0.1) is 10.2 Å². The van der Waals surface area contributed by atoms with Gasteiger partial charge in [0.05, 0.1) is 30.0 Å². The first-order chi connectivity index (χ1) is 17.9. The maximum atomic E-state index is 14.8. The van der Waals surface area contributed by atoms with Crippen molar-refractivity contribution in [3.05, 3.63) is 53.3 Å². The fourth-order valence-corrected chi connectivity index (χ4v) is 4.03. The first-order valence-electron chi connectivity index (χ1n) is 11.9. The van der Waals surface area contributed by atoms with Gasteiger partial charge in [0.15, 0.2) is 5.82 Å². The van der Waals surface area contributed by atoms with Crippen molar-refractivity contribution in [1.82, 2.24) is 35.4 Å². The molecule has 1 aliphatic rings. The van der Waals surface area contributed by atoms with E-state index < -0.39 is 17.5 Å². The number of aromatic nitrogens is 5. The van der Waals surface area contributed by atoms with Gasteiger partial charge in [0.1, 0.15) is 23.5 Å². The molecule has 0 radical (unpaired) electrons. The highest BCUT2D eigenvalue weighted by Gasteiger charge is 2.27. The minimum absolute atomic E-state index is 0.0147. The van der Waals surface area contributed by atoms with Crippen LogP contribution in [0.5, 0.6) is 0 Å². The summed E-state index contributed by atoms with van der Waals surface area (Å²) >= 11 is 0. The quantitative estimate of drug-likeness (QED) is 0.236. The Bertz CT molecular complexity index is 1450. The Balaban J connectivity index is 1.52. The van der Waals surface area contributed by atoms with E-state index in [9.17, 15) is 13.6 Å². The third kappa shape index (κ3) is 5.13. The highest BCUT2D eigenvalue weighted by atomic mass is 19.1. The molecular weight excluding hydrogens is 486 g/mol. The molecule has 11 nitrogen and oxygen atoms in total. The summed E-state index contributed by atoms with van der Waals surface area (Å²) in [6, 6.07) is 1.85. The van der Waals surface area contributed by atoms with Crippen LogP contribution in [0.15, 0.2) is 29.1 Å². The topological polar surface area (TPSA) is 142 Å². The van der Waals surface area contributed by atoms with Crippen LogP contribution in [-0.2, 0) is 6.54 Å². The van der Waals surface area contributed by atoms with Gasteiger partial charge in [0.25, 0.3) is 5.91 Å². The molecule has 5 rings (SSSR count). The SMILES string of the molecule is CC(C)c1c(-c2nnc(CNCCO)o2)cn2ncnc(Nc3cc(C(=O)NC4CC4)c(F)cc3F)c12. The minimum atomic E-state index is -0.942. The third-order valence-corrected chi connectivity index (χ3v) is 5.92. The molecule has 194 valence electrons. The van der Waals surface area contributed by atoms with Crippen LogP contribution >= 0.6 is 0 Å². The van der Waals surface area contributed by atoms with E-state index >= 15 is 0 Å². The lowest BCUT2D eigenvalue weighted by molar-refractivity contribution is 0.0947. The molecule has 0 saturated heterocycles. The summed E-state index contributed by atoms with van der Waals surface area (Å²) in [6.07, 6.45) is 4.69. The summed E-state index contributed by atoms with van der Waals surface area (Å²) in [5, 5.41) is 30.0. The molecule has 1 saturated carbocycles. The van der Waals surface area contributed by atoms with E-state index in [-0.39, 0.29) is 41.5 Å². The van der Waals surface area contributed by atoms with Crippen molar-refractivity contribution in [2.75, 3.05) is 18.5 Å². The number of benzene rings is 1. The zero-order valence-electron chi connectivity index (χ0n) is 20.3. The molecule has 0 spiro atoms. The van der Waals surface area contributed by atoms with E-state index in [0.717, 1.165) is 24.5 Å². The molecule has 0 aliphatic heterocycles. The van der Waals surface area contributed by atoms with Crippen LogP contribution in [0.3, 0.4) is 0 Å². The Morgan fingerprint density at radius 2 is 2.05 bits per heavy atom. The lowest BCUT2D eigenvalue weighted by atomic mass is 10.00. The lowest BCUT2D eigenvalue weighted by Gasteiger charge is -2.13. The molecule has 1 aromatic carbocycles. The second kappa shape index (κ2) is 10.2. The normalized spacial score (nSPS) is 13.5. The van der Waals surface area contributed by atoms with E-state index in [1.54, 1.807) is 10.7 Å².